The molecule has 7 aromatic rings. The van der Waals surface area contributed by atoms with Crippen LogP contribution in [0.1, 0.15) is 113 Å². The fourth-order valence-electron chi connectivity index (χ4n) is 8.46. The molecule has 3 fully saturated rings. The maximum absolute atomic E-state index is 12.9. The number of aliphatic hydroxyl groups excluding tert-OH is 1. The first-order valence-electron chi connectivity index (χ1n) is 22.3. The van der Waals surface area contributed by atoms with Gasteiger partial charge in [0.1, 0.15) is 28.3 Å². The van der Waals surface area contributed by atoms with E-state index >= 15 is 0 Å². The number of aliphatic hydroxyl groups is 1. The minimum atomic E-state index is -2.74. The van der Waals surface area contributed by atoms with E-state index in [1.54, 1.807) is 20.4 Å². The molecule has 19 heteroatoms. The van der Waals surface area contributed by atoms with Gasteiger partial charge in [0.05, 0.1) is 42.6 Å². The van der Waals surface area contributed by atoms with Crippen LogP contribution in [0.15, 0.2) is 82.5 Å². The predicted octanol–water partition coefficient (Wildman–Crippen LogP) is 9.58. The van der Waals surface area contributed by atoms with Gasteiger partial charge in [-0.05, 0) is 112 Å². The number of anilines is 1. The quantitative estimate of drug-likeness (QED) is 0.127. The summed E-state index contributed by atoms with van der Waals surface area (Å²) >= 11 is 7.03. The number of hydrogen-bond acceptors (Lipinski definition) is 11. The van der Waals surface area contributed by atoms with E-state index in [4.69, 9.17) is 33.7 Å². The molecule has 3 aliphatic rings. The summed E-state index contributed by atoms with van der Waals surface area (Å²) in [6, 6.07) is 9.83. The molecule has 356 valence electrons. The lowest BCUT2D eigenvalue weighted by molar-refractivity contribution is 0.0845. The largest absolute Gasteiger partial charge is 0.392 e. The van der Waals surface area contributed by atoms with Gasteiger partial charge in [-0.2, -0.15) is 0 Å². The zero-order valence-electron chi connectivity index (χ0n) is 37.4. The molecule has 3 aliphatic heterocycles. The molecule has 0 unspecified atom stereocenters. The number of rotatable bonds is 11. The second-order valence-corrected chi connectivity index (χ2v) is 18.4. The number of alkyl halides is 2. The number of aromatic nitrogens is 7. The van der Waals surface area contributed by atoms with E-state index in [0.717, 1.165) is 132 Å². The number of amides is 1. The highest BCUT2D eigenvalue weighted by Crippen LogP contribution is 2.31. The molecule has 15 nitrogen and oxygen atoms in total. The predicted molar refractivity (Wildman–Crippen MR) is 254 cm³/mol. The smallest absolute Gasteiger partial charge is 0.280 e. The third kappa shape index (κ3) is 12.1. The van der Waals surface area contributed by atoms with Crippen LogP contribution in [0.4, 0.5) is 14.5 Å². The molecule has 2 N–H and O–H groups in total. The van der Waals surface area contributed by atoms with Crippen molar-refractivity contribution in [3.05, 3.63) is 128 Å². The van der Waals surface area contributed by atoms with Crippen LogP contribution >= 0.6 is 31.9 Å². The van der Waals surface area contributed by atoms with Crippen molar-refractivity contribution in [1.82, 2.24) is 33.1 Å². The Morgan fingerprint density at radius 2 is 1.10 bits per heavy atom. The number of fused-ring (bicyclic) bond motifs is 3. The van der Waals surface area contributed by atoms with Gasteiger partial charge in [-0.1, -0.05) is 6.07 Å². The Bertz CT molecular complexity index is 2770. The molecule has 0 saturated carbocycles. The van der Waals surface area contributed by atoms with Crippen molar-refractivity contribution in [2.75, 3.05) is 59.2 Å². The molecule has 0 radical (unpaired) electrons. The normalized spacial score (nSPS) is 16.3. The van der Waals surface area contributed by atoms with E-state index in [2.05, 4.69) is 76.2 Å². The van der Waals surface area contributed by atoms with Crippen LogP contribution in [-0.4, -0.2) is 98.0 Å². The summed E-state index contributed by atoms with van der Waals surface area (Å²) in [5, 5.41) is 12.0. The van der Waals surface area contributed by atoms with Crippen molar-refractivity contribution >= 4 is 60.4 Å². The fraction of sp³-hybridized carbons (Fsp3) is 0.438. The lowest BCUT2D eigenvalue weighted by atomic mass is 9.97. The SMILES string of the molecule is COCc1cc2nc(C3CCOCC3)cn2cc1Br.COCc1cc2nc(C3CCOCC3)cn2cc1NC(=O)c1cccc(C(F)F)n1.OCc1cc2nc(C3CCOCC3)cn2cc1Br. The molecule has 0 aliphatic carbocycles. The van der Waals surface area contributed by atoms with Crippen molar-refractivity contribution < 1.29 is 42.4 Å². The van der Waals surface area contributed by atoms with Crippen LogP contribution < -0.4 is 5.32 Å². The highest BCUT2D eigenvalue weighted by Gasteiger charge is 2.23. The summed E-state index contributed by atoms with van der Waals surface area (Å²) in [6.07, 6.45) is 15.2. The zero-order valence-corrected chi connectivity index (χ0v) is 40.6. The standard InChI is InChI=1S/C21H22F2N4O3.C14H17BrN2O2.C13H15BrN2O2/c1-29-12-14-9-19-25-17(13-5-7-30-8-6-13)10-27(19)11-18(14)26-21(28)16-4-2-3-15(24-16)20(22)23;1-18-9-11-6-14-16-13(8-17(14)7-12(11)15)10-2-4-19-5-3-10;14-11-6-16-7-12(9-1-3-18-4-2-9)15-13(16)5-10(11)8-17/h2-4,9-11,13,20H,5-8,12H2,1H3,(H,26,28);6-8,10H,2-5,9H2,1H3;5-7,9,17H,1-4,8H2. The van der Waals surface area contributed by atoms with Crippen LogP contribution in [-0.2, 0) is 43.5 Å². The van der Waals surface area contributed by atoms with Gasteiger partial charge in [-0.3, -0.25) is 4.79 Å². The fourth-order valence-corrected chi connectivity index (χ4v) is 9.37. The molecule has 10 rings (SSSR count). The number of pyridine rings is 4. The van der Waals surface area contributed by atoms with E-state index < -0.39 is 18.0 Å². The first-order chi connectivity index (χ1) is 32.6. The minimum Gasteiger partial charge on any atom is -0.392 e. The monoisotopic (exact) mass is 1050 g/mol. The highest BCUT2D eigenvalue weighted by atomic mass is 79.9. The van der Waals surface area contributed by atoms with Crippen LogP contribution in [0.3, 0.4) is 0 Å². The third-order valence-electron chi connectivity index (χ3n) is 12.1. The number of hydrogen-bond donors (Lipinski definition) is 2. The lowest BCUT2D eigenvalue weighted by Crippen LogP contribution is -2.16. The van der Waals surface area contributed by atoms with Gasteiger partial charge in [0, 0.05) is 123 Å². The summed E-state index contributed by atoms with van der Waals surface area (Å²) in [4.78, 5) is 30.5. The van der Waals surface area contributed by atoms with Gasteiger partial charge in [-0.25, -0.2) is 28.7 Å². The van der Waals surface area contributed by atoms with Crippen molar-refractivity contribution in [2.24, 2.45) is 0 Å². The zero-order chi connectivity index (χ0) is 46.9. The second kappa shape index (κ2) is 23.0. The number of nitrogens with zero attached hydrogens (tertiary/aromatic N) is 7. The van der Waals surface area contributed by atoms with Crippen molar-refractivity contribution in [3.8, 4) is 0 Å². The number of carbonyl (C=O) groups excluding carboxylic acids is 1. The average Bonchev–Trinajstić information content (AvgIpc) is 4.09. The Morgan fingerprint density at radius 3 is 1.57 bits per heavy atom. The molecule has 3 saturated heterocycles. The van der Waals surface area contributed by atoms with Crippen molar-refractivity contribution in [3.63, 3.8) is 0 Å². The summed E-state index contributed by atoms with van der Waals surface area (Å²) in [7, 11) is 3.26. The minimum absolute atomic E-state index is 0.0244. The number of imidazole rings is 3. The Balaban J connectivity index is 0.000000143. The topological polar surface area (TPSA) is 160 Å². The molecule has 0 bridgehead atoms. The van der Waals surface area contributed by atoms with Gasteiger partial charge in [0.2, 0.25) is 0 Å². The maximum Gasteiger partial charge on any atom is 0.280 e. The molecule has 0 spiro atoms. The van der Waals surface area contributed by atoms with Crippen molar-refractivity contribution in [1.29, 1.82) is 0 Å². The van der Waals surface area contributed by atoms with Crippen LogP contribution in [0.2, 0.25) is 0 Å². The van der Waals surface area contributed by atoms with E-state index in [1.807, 2.05) is 33.3 Å². The van der Waals surface area contributed by atoms with Crippen LogP contribution in [0.5, 0.6) is 0 Å². The Labute approximate surface area is 403 Å². The number of methoxy groups -OCH3 is 2. The molecular formula is C48H54Br2F2N8O7. The molecule has 7 aromatic heterocycles. The lowest BCUT2D eigenvalue weighted by Gasteiger charge is -2.19. The maximum atomic E-state index is 12.9. The third-order valence-corrected chi connectivity index (χ3v) is 13.6. The summed E-state index contributed by atoms with van der Waals surface area (Å²) in [6.45, 7) is 5.66. The number of ether oxygens (including phenoxy) is 5. The van der Waals surface area contributed by atoms with Gasteiger partial charge in [0.25, 0.3) is 12.3 Å². The first-order valence-corrected chi connectivity index (χ1v) is 23.9. The summed E-state index contributed by atoms with van der Waals surface area (Å²) < 4.78 is 60.4. The molecular weight excluding hydrogens is 998 g/mol. The molecule has 10 heterocycles. The molecule has 0 aromatic carbocycles. The summed E-state index contributed by atoms with van der Waals surface area (Å²) in [5.74, 6) is 0.788. The average molecular weight is 1050 g/mol. The number of halogens is 4. The van der Waals surface area contributed by atoms with Gasteiger partial charge >= 0.3 is 0 Å². The first kappa shape index (κ1) is 48.7. The van der Waals surface area contributed by atoms with E-state index in [9.17, 15) is 18.7 Å². The van der Waals surface area contributed by atoms with E-state index in [1.165, 1.54) is 23.9 Å². The van der Waals surface area contributed by atoms with Crippen LogP contribution in [0, 0.1) is 0 Å². The molecule has 67 heavy (non-hydrogen) atoms. The van der Waals surface area contributed by atoms with E-state index in [0.29, 0.717) is 30.0 Å². The van der Waals surface area contributed by atoms with Gasteiger partial charge in [0.15, 0.2) is 0 Å². The molecule has 1 amide bonds. The molecule has 0 atom stereocenters. The number of carbonyl (C=O) groups is 1. The Morgan fingerprint density at radius 1 is 0.672 bits per heavy atom. The van der Waals surface area contributed by atoms with Gasteiger partial charge < -0.3 is 47.3 Å². The van der Waals surface area contributed by atoms with E-state index in [-0.39, 0.29) is 18.9 Å². The van der Waals surface area contributed by atoms with Crippen molar-refractivity contribution in [2.45, 2.75) is 82.5 Å². The second-order valence-electron chi connectivity index (χ2n) is 16.7. The van der Waals surface area contributed by atoms with Crippen LogP contribution in [0.25, 0.3) is 16.9 Å². The Hall–Kier alpha value is -4.73. The Kier molecular flexibility index (Phi) is 16.8. The highest BCUT2D eigenvalue weighted by molar-refractivity contribution is 9.10. The number of nitrogens with one attached hydrogen (secondary N) is 1. The van der Waals surface area contributed by atoms with Gasteiger partial charge in [-0.15, -0.1) is 0 Å². The summed E-state index contributed by atoms with van der Waals surface area (Å²) in [5.41, 5.74) is 8.62.